The molecule has 0 saturated carbocycles. The number of thiophene rings is 4. The van der Waals surface area contributed by atoms with Crippen LogP contribution in [0.4, 0.5) is 0 Å². The summed E-state index contributed by atoms with van der Waals surface area (Å²) in [6.07, 6.45) is 54.4. The number of fused-ring (bicyclic) bond motifs is 5. The Morgan fingerprint density at radius 2 is 0.545 bits per heavy atom. The molecule has 0 aliphatic rings. The van der Waals surface area contributed by atoms with Crippen LogP contribution in [-0.4, -0.2) is 0 Å². The van der Waals surface area contributed by atoms with Gasteiger partial charge in [0.05, 0.1) is 28.2 Å². The molecule has 0 nitrogen and oxygen atoms in total. The minimum absolute atomic E-state index is 1.20. The fraction of sp³-hybridized carbons (Fsp3) is 0.581. The predicted molar refractivity (Wildman–Crippen MR) is 308 cm³/mol. The molecule has 0 saturated heterocycles. The van der Waals surface area contributed by atoms with E-state index in [-0.39, 0.29) is 0 Å². The standard InChI is InChI=1S/C62H88S4/c1-5-7-9-11-13-15-17-19-21-23-25-27-29-31-33-35-53-55(47-45-51-41-37-49(3)38-42-51)63-59-57(53)65-62-60-58(66-61(59)62)54(56(64-60)48-46-52-43-39-50(4)40-44-52)36-34-32-30-28-26-24-22-20-18-16-14-12-10-8-6-2/h37-48H,5-36H2,1-4H3/b47-45+,48-46+. The van der Waals surface area contributed by atoms with E-state index < -0.39 is 0 Å². The average Bonchev–Trinajstić information content (AvgIpc) is 4.06. The minimum atomic E-state index is 1.20. The van der Waals surface area contributed by atoms with Gasteiger partial charge in [-0.25, -0.2) is 0 Å². The van der Waals surface area contributed by atoms with Gasteiger partial charge in [-0.1, -0.05) is 265 Å². The Morgan fingerprint density at radius 3 is 0.833 bits per heavy atom. The molecule has 360 valence electrons. The lowest BCUT2D eigenvalue weighted by Gasteiger charge is -2.04. The van der Waals surface area contributed by atoms with Gasteiger partial charge in [-0.3, -0.25) is 0 Å². The lowest BCUT2D eigenvalue weighted by atomic mass is 10.0. The van der Waals surface area contributed by atoms with Crippen molar-refractivity contribution >= 4 is 97.9 Å². The number of benzene rings is 2. The van der Waals surface area contributed by atoms with Gasteiger partial charge in [0, 0.05) is 9.75 Å². The van der Waals surface area contributed by atoms with Gasteiger partial charge in [0.25, 0.3) is 0 Å². The lowest BCUT2D eigenvalue weighted by Crippen LogP contribution is -1.87. The van der Waals surface area contributed by atoms with Crippen LogP contribution in [0.5, 0.6) is 0 Å². The average molecular weight is 962 g/mol. The van der Waals surface area contributed by atoms with Crippen molar-refractivity contribution in [1.29, 1.82) is 0 Å². The summed E-state index contributed by atoms with van der Waals surface area (Å²) in [5, 5.41) is 0. The molecule has 0 unspecified atom stereocenters. The molecule has 0 amide bonds. The van der Waals surface area contributed by atoms with E-state index in [4.69, 9.17) is 0 Å². The molecule has 4 heteroatoms. The van der Waals surface area contributed by atoms with E-state index in [1.165, 1.54) is 237 Å². The molecule has 0 fully saturated rings. The van der Waals surface area contributed by atoms with E-state index in [0.717, 1.165) is 0 Å². The van der Waals surface area contributed by atoms with Crippen LogP contribution in [0.25, 0.3) is 52.5 Å². The van der Waals surface area contributed by atoms with Crippen LogP contribution >= 0.6 is 45.3 Å². The zero-order valence-electron chi connectivity index (χ0n) is 42.2. The molecule has 0 aliphatic heterocycles. The Bertz CT molecular complexity index is 2100. The topological polar surface area (TPSA) is 0 Å². The van der Waals surface area contributed by atoms with Crippen LogP contribution in [0.3, 0.4) is 0 Å². The van der Waals surface area contributed by atoms with E-state index in [9.17, 15) is 0 Å². The molecular weight excluding hydrogens is 873 g/mol. The van der Waals surface area contributed by atoms with Crippen LogP contribution in [-0.2, 0) is 12.8 Å². The van der Waals surface area contributed by atoms with Crippen molar-refractivity contribution in [3.63, 3.8) is 0 Å². The van der Waals surface area contributed by atoms with Crippen LogP contribution in [0.1, 0.15) is 250 Å². The molecule has 0 N–H and O–H groups in total. The van der Waals surface area contributed by atoms with Gasteiger partial charge in [0.2, 0.25) is 0 Å². The van der Waals surface area contributed by atoms with Crippen molar-refractivity contribution in [1.82, 2.24) is 0 Å². The molecule has 0 aliphatic carbocycles. The Hall–Kier alpha value is -2.50. The number of hydrogen-bond donors (Lipinski definition) is 0. The highest BCUT2D eigenvalue weighted by atomic mass is 32.1. The fourth-order valence-electron chi connectivity index (χ4n) is 9.83. The van der Waals surface area contributed by atoms with Gasteiger partial charge >= 0.3 is 0 Å². The third kappa shape index (κ3) is 17.5. The lowest BCUT2D eigenvalue weighted by molar-refractivity contribution is 0.532. The fourth-order valence-corrected chi connectivity index (χ4v) is 15.9. The molecule has 0 radical (unpaired) electrons. The highest BCUT2D eigenvalue weighted by molar-refractivity contribution is 7.45. The molecule has 4 heterocycles. The molecule has 6 aromatic rings. The zero-order chi connectivity index (χ0) is 46.0. The maximum atomic E-state index is 2.44. The number of unbranched alkanes of at least 4 members (excludes halogenated alkanes) is 28. The normalized spacial score (nSPS) is 12.2. The molecule has 0 spiro atoms. The smallest absolute Gasteiger partial charge is 0.0651 e. The van der Waals surface area contributed by atoms with Gasteiger partial charge in [-0.15, -0.1) is 45.3 Å². The number of hydrogen-bond acceptors (Lipinski definition) is 4. The van der Waals surface area contributed by atoms with Gasteiger partial charge in [-0.2, -0.15) is 0 Å². The molecule has 0 bridgehead atoms. The third-order valence-electron chi connectivity index (χ3n) is 14.1. The van der Waals surface area contributed by atoms with Crippen molar-refractivity contribution in [3.8, 4) is 0 Å². The van der Waals surface area contributed by atoms with E-state index in [1.807, 2.05) is 0 Å². The summed E-state index contributed by atoms with van der Waals surface area (Å²) in [7, 11) is 0. The second-order valence-electron chi connectivity index (χ2n) is 20.0. The minimum Gasteiger partial charge on any atom is -0.133 e. The first-order chi connectivity index (χ1) is 32.6. The second kappa shape index (κ2) is 30.9. The summed E-state index contributed by atoms with van der Waals surface area (Å²) in [4.78, 5) is 2.97. The summed E-state index contributed by atoms with van der Waals surface area (Å²) in [5.41, 5.74) is 8.47. The van der Waals surface area contributed by atoms with E-state index >= 15 is 0 Å². The quantitative estimate of drug-likeness (QED) is 0.0344. The Morgan fingerprint density at radius 1 is 0.288 bits per heavy atom. The van der Waals surface area contributed by atoms with E-state index in [0.29, 0.717) is 0 Å². The summed E-state index contributed by atoms with van der Waals surface area (Å²) in [6, 6.07) is 18.1. The Labute approximate surface area is 419 Å². The van der Waals surface area contributed by atoms with Crippen molar-refractivity contribution in [2.45, 2.75) is 233 Å². The largest absolute Gasteiger partial charge is 0.133 e. The molecule has 0 atom stereocenters. The van der Waals surface area contributed by atoms with Crippen LogP contribution in [0.15, 0.2) is 48.5 Å². The van der Waals surface area contributed by atoms with Crippen LogP contribution < -0.4 is 0 Å². The highest BCUT2D eigenvalue weighted by Crippen LogP contribution is 2.53. The van der Waals surface area contributed by atoms with Crippen molar-refractivity contribution in [3.05, 3.63) is 91.7 Å². The first kappa shape index (κ1) is 52.9. The summed E-state index contributed by atoms with van der Waals surface area (Å²) < 4.78 is 9.37. The van der Waals surface area contributed by atoms with Gasteiger partial charge in [0.1, 0.15) is 0 Å². The van der Waals surface area contributed by atoms with Crippen molar-refractivity contribution in [2.24, 2.45) is 0 Å². The van der Waals surface area contributed by atoms with Crippen LogP contribution in [0, 0.1) is 13.8 Å². The van der Waals surface area contributed by atoms with E-state index in [2.05, 4.69) is 146 Å². The molecule has 2 aromatic carbocycles. The summed E-state index contributed by atoms with van der Waals surface area (Å²) in [6.45, 7) is 8.99. The summed E-state index contributed by atoms with van der Waals surface area (Å²) >= 11 is 8.38. The third-order valence-corrected chi connectivity index (χ3v) is 19.7. The van der Waals surface area contributed by atoms with Crippen LogP contribution in [0.2, 0.25) is 0 Å². The SMILES string of the molecule is CCCCCCCCCCCCCCCCCc1c(/C=C/c2ccc(C)cc2)sc2c1sc1c3sc(/C=C/c4ccc(C)cc4)c(CCCCCCCCCCCCCCCCC)c3sc21. The Kier molecular flexibility index (Phi) is 24.7. The first-order valence-electron chi connectivity index (χ1n) is 27.5. The maximum absolute atomic E-state index is 2.44. The molecule has 66 heavy (non-hydrogen) atoms. The summed E-state index contributed by atoms with van der Waals surface area (Å²) in [5.74, 6) is 0. The van der Waals surface area contributed by atoms with Crippen molar-refractivity contribution in [2.75, 3.05) is 0 Å². The molecule has 6 rings (SSSR count). The van der Waals surface area contributed by atoms with E-state index in [1.54, 1.807) is 39.3 Å². The number of rotatable bonds is 36. The van der Waals surface area contributed by atoms with Crippen molar-refractivity contribution < 1.29 is 0 Å². The first-order valence-corrected chi connectivity index (χ1v) is 30.7. The Balaban J connectivity index is 1.08. The second-order valence-corrected chi connectivity index (χ2v) is 24.1. The predicted octanol–water partition coefficient (Wildman–Crippen LogP) is 23.2. The highest BCUT2D eigenvalue weighted by Gasteiger charge is 2.23. The molecular formula is C62H88S4. The maximum Gasteiger partial charge on any atom is 0.0651 e. The zero-order valence-corrected chi connectivity index (χ0v) is 45.5. The molecule has 4 aromatic heterocycles. The van der Waals surface area contributed by atoms with Gasteiger partial charge in [0.15, 0.2) is 0 Å². The monoisotopic (exact) mass is 961 g/mol. The van der Waals surface area contributed by atoms with Gasteiger partial charge < -0.3 is 0 Å². The number of aryl methyl sites for hydroxylation is 4. The van der Waals surface area contributed by atoms with Gasteiger partial charge in [-0.05, 0) is 73.9 Å².